The molecule has 0 aliphatic rings. The van der Waals surface area contributed by atoms with Gasteiger partial charge in [-0.15, -0.1) is 0 Å². The van der Waals surface area contributed by atoms with Crippen molar-refractivity contribution in [1.82, 2.24) is 0 Å². The van der Waals surface area contributed by atoms with E-state index in [1.165, 1.54) is 7.11 Å². The van der Waals surface area contributed by atoms with Crippen LogP contribution in [-0.2, 0) is 11.2 Å². The molecule has 1 aromatic rings. The van der Waals surface area contributed by atoms with Crippen LogP contribution in [0.3, 0.4) is 0 Å². The summed E-state index contributed by atoms with van der Waals surface area (Å²) in [5.41, 5.74) is 6.13. The Morgan fingerprint density at radius 2 is 2.19 bits per heavy atom. The summed E-state index contributed by atoms with van der Waals surface area (Å²) in [7, 11) is 1.52. The van der Waals surface area contributed by atoms with Crippen LogP contribution in [0.1, 0.15) is 24.8 Å². The van der Waals surface area contributed by atoms with E-state index in [0.29, 0.717) is 12.2 Å². The Bertz CT molecular complexity index is 363. The van der Waals surface area contributed by atoms with Crippen LogP contribution < -0.4 is 10.5 Å². The van der Waals surface area contributed by atoms with Gasteiger partial charge in [0.05, 0.1) is 7.11 Å². The summed E-state index contributed by atoms with van der Waals surface area (Å²) in [6.07, 6.45) is 2.97. The molecule has 0 fully saturated rings. The lowest BCUT2D eigenvalue weighted by atomic mass is 10.1. The number of phenols is 1. The van der Waals surface area contributed by atoms with Crippen LogP contribution in [0, 0.1) is 0 Å². The average molecular weight is 223 g/mol. The van der Waals surface area contributed by atoms with Gasteiger partial charge in [-0.1, -0.05) is 6.07 Å². The van der Waals surface area contributed by atoms with E-state index in [0.717, 1.165) is 24.8 Å². The monoisotopic (exact) mass is 223 g/mol. The molecular formula is C12H17NO3. The van der Waals surface area contributed by atoms with Gasteiger partial charge in [-0.25, -0.2) is 0 Å². The first-order valence-corrected chi connectivity index (χ1v) is 5.27. The Hall–Kier alpha value is -1.71. The first-order valence-electron chi connectivity index (χ1n) is 5.27. The predicted molar refractivity (Wildman–Crippen MR) is 61.4 cm³/mol. The molecule has 4 nitrogen and oxygen atoms in total. The summed E-state index contributed by atoms with van der Waals surface area (Å²) in [4.78, 5) is 10.5. The molecule has 0 saturated heterocycles. The number of carbonyl (C=O) groups is 1. The molecule has 88 valence electrons. The number of aryl methyl sites for hydroxylation is 1. The van der Waals surface area contributed by atoms with Crippen LogP contribution in [0.4, 0.5) is 0 Å². The van der Waals surface area contributed by atoms with Crippen molar-refractivity contribution in [2.24, 2.45) is 5.73 Å². The quantitative estimate of drug-likeness (QED) is 0.719. The molecule has 1 amide bonds. The van der Waals surface area contributed by atoms with E-state index in [1.807, 2.05) is 6.07 Å². The molecule has 4 heteroatoms. The molecule has 0 atom stereocenters. The maximum Gasteiger partial charge on any atom is 0.217 e. The highest BCUT2D eigenvalue weighted by molar-refractivity contribution is 5.73. The van der Waals surface area contributed by atoms with Crippen molar-refractivity contribution in [3.8, 4) is 11.5 Å². The average Bonchev–Trinajstić information content (AvgIpc) is 2.26. The number of amides is 1. The highest BCUT2D eigenvalue weighted by atomic mass is 16.5. The number of unbranched alkanes of at least 4 members (excludes halogenated alkanes) is 1. The number of carbonyl (C=O) groups excluding carboxylic acids is 1. The number of hydrogen-bond donors (Lipinski definition) is 2. The summed E-state index contributed by atoms with van der Waals surface area (Å²) >= 11 is 0. The van der Waals surface area contributed by atoms with E-state index in [4.69, 9.17) is 10.5 Å². The largest absolute Gasteiger partial charge is 0.504 e. The number of primary amides is 1. The minimum Gasteiger partial charge on any atom is -0.504 e. The highest BCUT2D eigenvalue weighted by Gasteiger charge is 2.02. The third kappa shape index (κ3) is 3.81. The molecule has 0 spiro atoms. The number of methoxy groups -OCH3 is 1. The lowest BCUT2D eigenvalue weighted by molar-refractivity contribution is -0.118. The maximum absolute atomic E-state index is 10.5. The second-order valence-electron chi connectivity index (χ2n) is 3.68. The van der Waals surface area contributed by atoms with E-state index >= 15 is 0 Å². The predicted octanol–water partition coefficient (Wildman–Crippen LogP) is 1.60. The number of hydrogen-bond acceptors (Lipinski definition) is 3. The highest BCUT2D eigenvalue weighted by Crippen LogP contribution is 2.26. The third-order valence-corrected chi connectivity index (χ3v) is 2.38. The Labute approximate surface area is 95.0 Å². The van der Waals surface area contributed by atoms with Gasteiger partial charge < -0.3 is 15.6 Å². The van der Waals surface area contributed by atoms with Gasteiger partial charge in [0.25, 0.3) is 0 Å². The zero-order chi connectivity index (χ0) is 12.0. The lowest BCUT2D eigenvalue weighted by Crippen LogP contribution is -2.09. The Balaban J connectivity index is 2.45. The summed E-state index contributed by atoms with van der Waals surface area (Å²) in [6, 6.07) is 5.27. The first-order chi connectivity index (χ1) is 7.63. The van der Waals surface area contributed by atoms with Crippen molar-refractivity contribution in [2.75, 3.05) is 7.11 Å². The van der Waals surface area contributed by atoms with Crippen LogP contribution >= 0.6 is 0 Å². The van der Waals surface area contributed by atoms with E-state index < -0.39 is 0 Å². The van der Waals surface area contributed by atoms with Gasteiger partial charge in [0.15, 0.2) is 11.5 Å². The summed E-state index contributed by atoms with van der Waals surface area (Å²) < 4.78 is 5.01. The molecular weight excluding hydrogens is 206 g/mol. The smallest absolute Gasteiger partial charge is 0.217 e. The molecule has 0 unspecified atom stereocenters. The van der Waals surface area contributed by atoms with Gasteiger partial charge in [0.1, 0.15) is 0 Å². The molecule has 0 aliphatic heterocycles. The van der Waals surface area contributed by atoms with Crippen LogP contribution in [0.2, 0.25) is 0 Å². The topological polar surface area (TPSA) is 72.5 Å². The van der Waals surface area contributed by atoms with Gasteiger partial charge in [-0.3, -0.25) is 4.79 Å². The number of ether oxygens (including phenoxy) is 1. The molecule has 1 rings (SSSR count). The van der Waals surface area contributed by atoms with E-state index in [1.54, 1.807) is 12.1 Å². The number of aromatic hydroxyl groups is 1. The number of benzene rings is 1. The number of phenolic OH excluding ortho intramolecular Hbond substituents is 1. The van der Waals surface area contributed by atoms with Crippen LogP contribution in [0.5, 0.6) is 11.5 Å². The van der Waals surface area contributed by atoms with Crippen molar-refractivity contribution in [3.63, 3.8) is 0 Å². The Morgan fingerprint density at radius 1 is 1.44 bits per heavy atom. The fourth-order valence-electron chi connectivity index (χ4n) is 1.51. The van der Waals surface area contributed by atoms with Crippen molar-refractivity contribution in [3.05, 3.63) is 23.8 Å². The molecule has 0 radical (unpaired) electrons. The second-order valence-corrected chi connectivity index (χ2v) is 3.68. The van der Waals surface area contributed by atoms with Crippen molar-refractivity contribution in [1.29, 1.82) is 0 Å². The number of rotatable bonds is 6. The third-order valence-electron chi connectivity index (χ3n) is 2.38. The minimum absolute atomic E-state index is 0.142. The number of nitrogens with two attached hydrogens (primary N) is 1. The van der Waals surface area contributed by atoms with E-state index in [-0.39, 0.29) is 11.7 Å². The fraction of sp³-hybridized carbons (Fsp3) is 0.417. The minimum atomic E-state index is -0.261. The van der Waals surface area contributed by atoms with Crippen molar-refractivity contribution >= 4 is 5.91 Å². The van der Waals surface area contributed by atoms with Gasteiger partial charge in [-0.2, -0.15) is 0 Å². The van der Waals surface area contributed by atoms with E-state index in [9.17, 15) is 9.90 Å². The summed E-state index contributed by atoms with van der Waals surface area (Å²) in [5.74, 6) is 0.360. The first kappa shape index (κ1) is 12.4. The molecule has 0 aromatic heterocycles. The normalized spacial score (nSPS) is 10.1. The Kier molecular flexibility index (Phi) is 4.64. The van der Waals surface area contributed by atoms with Gasteiger partial charge >= 0.3 is 0 Å². The zero-order valence-corrected chi connectivity index (χ0v) is 9.40. The summed E-state index contributed by atoms with van der Waals surface area (Å²) in [6.45, 7) is 0. The molecule has 0 heterocycles. The standard InChI is InChI=1S/C12H17NO3/c1-16-11-8-9(6-7-10(11)14)4-2-3-5-12(13)15/h6-8,14H,2-5H2,1H3,(H2,13,15). The molecule has 16 heavy (non-hydrogen) atoms. The second kappa shape index (κ2) is 6.00. The maximum atomic E-state index is 10.5. The fourth-order valence-corrected chi connectivity index (χ4v) is 1.51. The van der Waals surface area contributed by atoms with Crippen LogP contribution in [0.15, 0.2) is 18.2 Å². The molecule has 0 aliphatic carbocycles. The van der Waals surface area contributed by atoms with E-state index in [2.05, 4.69) is 0 Å². The lowest BCUT2D eigenvalue weighted by Gasteiger charge is -2.06. The molecule has 3 N–H and O–H groups in total. The zero-order valence-electron chi connectivity index (χ0n) is 9.40. The van der Waals surface area contributed by atoms with Crippen molar-refractivity contribution < 1.29 is 14.6 Å². The van der Waals surface area contributed by atoms with Crippen LogP contribution in [-0.4, -0.2) is 18.1 Å². The summed E-state index contributed by atoms with van der Waals surface area (Å²) in [5, 5.41) is 9.39. The molecule has 0 saturated carbocycles. The van der Waals surface area contributed by atoms with Gasteiger partial charge in [-0.05, 0) is 37.0 Å². The Morgan fingerprint density at radius 3 is 2.81 bits per heavy atom. The molecule has 1 aromatic carbocycles. The molecule has 0 bridgehead atoms. The SMILES string of the molecule is COc1cc(CCCCC(N)=O)ccc1O. The van der Waals surface area contributed by atoms with Crippen molar-refractivity contribution in [2.45, 2.75) is 25.7 Å². The van der Waals surface area contributed by atoms with Gasteiger partial charge in [0.2, 0.25) is 5.91 Å². The van der Waals surface area contributed by atoms with Crippen LogP contribution in [0.25, 0.3) is 0 Å². The van der Waals surface area contributed by atoms with Gasteiger partial charge in [0, 0.05) is 6.42 Å².